The largest absolute Gasteiger partial charge is 0.491 e. The SMILES string of the molecule is CC(NCC(O)COc1ccc(C#N)cc1)c1ccccc1Cl. The van der Waals surface area contributed by atoms with E-state index in [2.05, 4.69) is 5.32 Å². The molecule has 2 aromatic rings. The first-order valence-corrected chi connectivity index (χ1v) is 7.77. The summed E-state index contributed by atoms with van der Waals surface area (Å²) >= 11 is 6.15. The van der Waals surface area contributed by atoms with Gasteiger partial charge in [-0.05, 0) is 42.8 Å². The average Bonchev–Trinajstić information content (AvgIpc) is 2.58. The van der Waals surface area contributed by atoms with Gasteiger partial charge in [0, 0.05) is 17.6 Å². The molecule has 2 unspecified atom stereocenters. The van der Waals surface area contributed by atoms with Crippen LogP contribution in [0.4, 0.5) is 0 Å². The minimum atomic E-state index is -0.643. The number of ether oxygens (including phenoxy) is 1. The van der Waals surface area contributed by atoms with E-state index in [4.69, 9.17) is 21.6 Å². The Labute approximate surface area is 141 Å². The molecule has 0 saturated heterocycles. The van der Waals surface area contributed by atoms with Crippen molar-refractivity contribution in [2.24, 2.45) is 0 Å². The zero-order chi connectivity index (χ0) is 16.7. The van der Waals surface area contributed by atoms with Crippen LogP contribution in [-0.2, 0) is 0 Å². The fraction of sp³-hybridized carbons (Fsp3) is 0.278. The first kappa shape index (κ1) is 17.3. The molecule has 0 aliphatic heterocycles. The van der Waals surface area contributed by atoms with Crippen molar-refractivity contribution in [2.45, 2.75) is 19.1 Å². The summed E-state index contributed by atoms with van der Waals surface area (Å²) < 4.78 is 5.50. The summed E-state index contributed by atoms with van der Waals surface area (Å²) in [5.74, 6) is 0.627. The molecule has 0 aliphatic carbocycles. The highest BCUT2D eigenvalue weighted by atomic mass is 35.5. The minimum absolute atomic E-state index is 0.0354. The predicted octanol–water partition coefficient (Wildman–Crippen LogP) is 3.30. The summed E-state index contributed by atoms with van der Waals surface area (Å²) in [7, 11) is 0. The van der Waals surface area contributed by atoms with Crippen LogP contribution in [0.5, 0.6) is 5.75 Å². The maximum absolute atomic E-state index is 10.0. The van der Waals surface area contributed by atoms with Gasteiger partial charge in [-0.2, -0.15) is 5.26 Å². The Morgan fingerprint density at radius 1 is 1.22 bits per heavy atom. The van der Waals surface area contributed by atoms with Crippen LogP contribution in [0.2, 0.25) is 5.02 Å². The number of nitriles is 1. The quantitative estimate of drug-likeness (QED) is 0.817. The second-order valence-electron chi connectivity index (χ2n) is 5.25. The van der Waals surface area contributed by atoms with Crippen LogP contribution < -0.4 is 10.1 Å². The Morgan fingerprint density at radius 3 is 2.57 bits per heavy atom. The summed E-state index contributed by atoms with van der Waals surface area (Å²) in [6.45, 7) is 2.56. The van der Waals surface area contributed by atoms with Gasteiger partial charge in [0.2, 0.25) is 0 Å². The Balaban J connectivity index is 1.77. The highest BCUT2D eigenvalue weighted by molar-refractivity contribution is 6.31. The summed E-state index contributed by atoms with van der Waals surface area (Å²) in [6, 6.07) is 16.5. The molecule has 4 nitrogen and oxygen atoms in total. The summed E-state index contributed by atoms with van der Waals surface area (Å²) in [5.41, 5.74) is 1.57. The second kappa shape index (κ2) is 8.54. The molecular weight excluding hydrogens is 312 g/mol. The Morgan fingerprint density at radius 2 is 1.91 bits per heavy atom. The van der Waals surface area contributed by atoms with Gasteiger partial charge in [0.15, 0.2) is 0 Å². The third kappa shape index (κ3) is 5.26. The van der Waals surface area contributed by atoms with Crippen molar-refractivity contribution >= 4 is 11.6 Å². The van der Waals surface area contributed by atoms with Crippen molar-refractivity contribution < 1.29 is 9.84 Å². The molecule has 0 bridgehead atoms. The highest BCUT2D eigenvalue weighted by Gasteiger charge is 2.11. The molecule has 2 aromatic carbocycles. The monoisotopic (exact) mass is 330 g/mol. The number of hydrogen-bond acceptors (Lipinski definition) is 4. The fourth-order valence-electron chi connectivity index (χ4n) is 2.13. The molecule has 0 aliphatic rings. The summed E-state index contributed by atoms with van der Waals surface area (Å²) in [5, 5.41) is 22.7. The first-order valence-electron chi connectivity index (χ1n) is 7.39. The van der Waals surface area contributed by atoms with E-state index in [-0.39, 0.29) is 12.6 Å². The Hall–Kier alpha value is -2.06. The lowest BCUT2D eigenvalue weighted by Gasteiger charge is -2.18. The number of aliphatic hydroxyl groups excluding tert-OH is 1. The van der Waals surface area contributed by atoms with Crippen LogP contribution >= 0.6 is 11.6 Å². The molecule has 0 aromatic heterocycles. The molecule has 23 heavy (non-hydrogen) atoms. The van der Waals surface area contributed by atoms with Crippen LogP contribution in [0.15, 0.2) is 48.5 Å². The van der Waals surface area contributed by atoms with Crippen LogP contribution in [0, 0.1) is 11.3 Å². The Kier molecular flexibility index (Phi) is 6.42. The van der Waals surface area contributed by atoms with Crippen LogP contribution in [0.25, 0.3) is 0 Å². The molecule has 0 fully saturated rings. The van der Waals surface area contributed by atoms with E-state index in [1.54, 1.807) is 24.3 Å². The zero-order valence-corrected chi connectivity index (χ0v) is 13.6. The second-order valence-corrected chi connectivity index (χ2v) is 5.66. The number of nitrogens with zero attached hydrogens (tertiary/aromatic N) is 1. The lowest BCUT2D eigenvalue weighted by molar-refractivity contribution is 0.104. The number of aliphatic hydroxyl groups is 1. The van der Waals surface area contributed by atoms with Crippen molar-refractivity contribution in [1.29, 1.82) is 5.26 Å². The van der Waals surface area contributed by atoms with E-state index >= 15 is 0 Å². The molecule has 2 rings (SSSR count). The molecule has 0 amide bonds. The van der Waals surface area contributed by atoms with Gasteiger partial charge in [0.25, 0.3) is 0 Å². The molecule has 5 heteroatoms. The fourth-order valence-corrected chi connectivity index (χ4v) is 2.43. The molecule has 0 radical (unpaired) electrons. The van der Waals surface area contributed by atoms with Gasteiger partial charge in [-0.15, -0.1) is 0 Å². The summed E-state index contributed by atoms with van der Waals surface area (Å²) in [4.78, 5) is 0. The standard InChI is InChI=1S/C18H19ClN2O2/c1-13(17-4-2-3-5-18(17)19)21-11-15(22)12-23-16-8-6-14(10-20)7-9-16/h2-9,13,15,21-22H,11-12H2,1H3. The van der Waals surface area contributed by atoms with Gasteiger partial charge in [-0.1, -0.05) is 29.8 Å². The highest BCUT2D eigenvalue weighted by Crippen LogP contribution is 2.22. The topological polar surface area (TPSA) is 65.3 Å². The molecule has 2 atom stereocenters. The molecule has 120 valence electrons. The third-order valence-corrected chi connectivity index (χ3v) is 3.80. The van der Waals surface area contributed by atoms with E-state index < -0.39 is 6.10 Å². The van der Waals surface area contributed by atoms with Crippen molar-refractivity contribution in [2.75, 3.05) is 13.2 Å². The van der Waals surface area contributed by atoms with Crippen LogP contribution in [-0.4, -0.2) is 24.4 Å². The van der Waals surface area contributed by atoms with E-state index in [1.165, 1.54) is 0 Å². The molecular formula is C18H19ClN2O2. The van der Waals surface area contributed by atoms with Gasteiger partial charge in [-0.25, -0.2) is 0 Å². The smallest absolute Gasteiger partial charge is 0.119 e. The van der Waals surface area contributed by atoms with E-state index in [0.29, 0.717) is 22.9 Å². The average molecular weight is 331 g/mol. The molecule has 0 saturated carbocycles. The number of benzene rings is 2. The van der Waals surface area contributed by atoms with E-state index in [1.807, 2.05) is 37.3 Å². The maximum atomic E-state index is 10.0. The van der Waals surface area contributed by atoms with Crippen LogP contribution in [0.1, 0.15) is 24.1 Å². The van der Waals surface area contributed by atoms with Crippen molar-refractivity contribution in [3.05, 3.63) is 64.7 Å². The van der Waals surface area contributed by atoms with Gasteiger partial charge in [0.05, 0.1) is 11.6 Å². The number of rotatable bonds is 7. The first-order chi connectivity index (χ1) is 11.1. The molecule has 0 heterocycles. The lowest BCUT2D eigenvalue weighted by atomic mass is 10.1. The predicted molar refractivity (Wildman–Crippen MR) is 90.5 cm³/mol. The number of halogens is 1. The molecule has 2 N–H and O–H groups in total. The third-order valence-electron chi connectivity index (χ3n) is 3.46. The van der Waals surface area contributed by atoms with Crippen molar-refractivity contribution in [1.82, 2.24) is 5.32 Å². The van der Waals surface area contributed by atoms with Gasteiger partial charge < -0.3 is 15.2 Å². The minimum Gasteiger partial charge on any atom is -0.491 e. The van der Waals surface area contributed by atoms with Crippen molar-refractivity contribution in [3.8, 4) is 11.8 Å². The van der Waals surface area contributed by atoms with E-state index in [9.17, 15) is 5.11 Å². The van der Waals surface area contributed by atoms with Crippen LogP contribution in [0.3, 0.4) is 0 Å². The number of nitrogens with one attached hydrogen (secondary N) is 1. The number of hydrogen-bond donors (Lipinski definition) is 2. The van der Waals surface area contributed by atoms with Gasteiger partial charge in [-0.3, -0.25) is 0 Å². The summed E-state index contributed by atoms with van der Waals surface area (Å²) in [6.07, 6.45) is -0.643. The lowest BCUT2D eigenvalue weighted by Crippen LogP contribution is -2.33. The van der Waals surface area contributed by atoms with Crippen molar-refractivity contribution in [3.63, 3.8) is 0 Å². The maximum Gasteiger partial charge on any atom is 0.119 e. The van der Waals surface area contributed by atoms with E-state index in [0.717, 1.165) is 5.56 Å². The van der Waals surface area contributed by atoms with Gasteiger partial charge >= 0.3 is 0 Å². The Bertz CT molecular complexity index is 667. The molecule has 0 spiro atoms. The van der Waals surface area contributed by atoms with Gasteiger partial charge in [0.1, 0.15) is 18.5 Å². The normalized spacial score (nSPS) is 13.1. The zero-order valence-electron chi connectivity index (χ0n) is 12.9.